The van der Waals surface area contributed by atoms with Gasteiger partial charge in [-0.3, -0.25) is 4.21 Å². The van der Waals surface area contributed by atoms with E-state index in [9.17, 15) is 4.21 Å². The molecule has 13 heavy (non-hydrogen) atoms. The van der Waals surface area contributed by atoms with Crippen molar-refractivity contribution < 1.29 is 4.21 Å². The van der Waals surface area contributed by atoms with Crippen molar-refractivity contribution in [3.8, 4) is 0 Å². The van der Waals surface area contributed by atoms with Crippen LogP contribution in [0.15, 0.2) is 29.2 Å². The Morgan fingerprint density at radius 1 is 1.31 bits per heavy atom. The maximum atomic E-state index is 11.7. The van der Waals surface area contributed by atoms with E-state index in [0.717, 1.165) is 24.2 Å². The maximum Gasteiger partial charge on any atom is 0.0560 e. The summed E-state index contributed by atoms with van der Waals surface area (Å²) in [5, 5.41) is 0.451. The van der Waals surface area contributed by atoms with E-state index in [4.69, 9.17) is 0 Å². The van der Waals surface area contributed by atoms with Crippen molar-refractivity contribution in [1.82, 2.24) is 0 Å². The topological polar surface area (TPSA) is 17.1 Å². The maximum absolute atomic E-state index is 11.7. The molecule has 0 radical (unpaired) electrons. The minimum Gasteiger partial charge on any atom is -0.254 e. The largest absolute Gasteiger partial charge is 0.254 e. The smallest absolute Gasteiger partial charge is 0.0560 e. The highest BCUT2D eigenvalue weighted by Crippen LogP contribution is 2.30. The van der Waals surface area contributed by atoms with Crippen molar-refractivity contribution in [2.24, 2.45) is 0 Å². The number of benzene rings is 1. The second-order valence-electron chi connectivity index (χ2n) is 3.49. The normalized spacial score (nSPS) is 18.5. The monoisotopic (exact) mass is 194 g/mol. The zero-order valence-corrected chi connectivity index (χ0v) is 8.64. The molecule has 1 saturated carbocycles. The van der Waals surface area contributed by atoms with E-state index in [1.165, 1.54) is 5.56 Å². The van der Waals surface area contributed by atoms with Crippen LogP contribution < -0.4 is 0 Å². The first-order valence-corrected chi connectivity index (χ1v) is 6.02. The van der Waals surface area contributed by atoms with Crippen LogP contribution in [0.25, 0.3) is 0 Å². The molecule has 0 amide bonds. The molecule has 0 heterocycles. The Labute approximate surface area is 81.6 Å². The number of aryl methyl sites for hydroxylation is 1. The molecule has 0 N–H and O–H groups in total. The van der Waals surface area contributed by atoms with Gasteiger partial charge in [0, 0.05) is 10.1 Å². The average Bonchev–Trinajstić information content (AvgIpc) is 3.00. The van der Waals surface area contributed by atoms with Crippen LogP contribution in [0.2, 0.25) is 0 Å². The summed E-state index contributed by atoms with van der Waals surface area (Å²) >= 11 is 0. The molecule has 2 heteroatoms. The summed E-state index contributed by atoms with van der Waals surface area (Å²) in [6, 6.07) is 8.17. The molecule has 0 bridgehead atoms. The fourth-order valence-corrected chi connectivity index (χ4v) is 2.69. The quantitative estimate of drug-likeness (QED) is 0.722. The van der Waals surface area contributed by atoms with Crippen molar-refractivity contribution in [2.75, 3.05) is 0 Å². The lowest BCUT2D eigenvalue weighted by atomic mass is 10.2. The van der Waals surface area contributed by atoms with E-state index in [2.05, 4.69) is 19.1 Å². The van der Waals surface area contributed by atoms with Crippen molar-refractivity contribution in [1.29, 1.82) is 0 Å². The van der Waals surface area contributed by atoms with Gasteiger partial charge in [-0.25, -0.2) is 0 Å². The van der Waals surface area contributed by atoms with Gasteiger partial charge in [0.15, 0.2) is 0 Å². The first-order valence-electron chi connectivity index (χ1n) is 4.81. The Morgan fingerprint density at radius 2 is 1.92 bits per heavy atom. The van der Waals surface area contributed by atoms with Crippen molar-refractivity contribution in [2.45, 2.75) is 36.3 Å². The van der Waals surface area contributed by atoms with Gasteiger partial charge in [-0.05, 0) is 37.0 Å². The molecule has 0 spiro atoms. The number of hydrogen-bond donors (Lipinski definition) is 0. The molecule has 1 aromatic carbocycles. The third kappa shape index (κ3) is 1.99. The Hall–Kier alpha value is -0.630. The first-order chi connectivity index (χ1) is 6.31. The fourth-order valence-electron chi connectivity index (χ4n) is 1.33. The molecule has 2 rings (SSSR count). The lowest BCUT2D eigenvalue weighted by Crippen LogP contribution is -1.97. The Morgan fingerprint density at radius 3 is 2.38 bits per heavy atom. The van der Waals surface area contributed by atoms with Gasteiger partial charge < -0.3 is 0 Å². The van der Waals surface area contributed by atoms with E-state index >= 15 is 0 Å². The third-order valence-electron chi connectivity index (χ3n) is 2.39. The molecule has 1 aliphatic carbocycles. The van der Waals surface area contributed by atoms with Crippen LogP contribution in [0.3, 0.4) is 0 Å². The van der Waals surface area contributed by atoms with E-state index in [1.807, 2.05) is 12.1 Å². The molecule has 0 aliphatic heterocycles. The standard InChI is InChI=1S/C11H14OS/c1-2-9-3-5-10(6-4-9)13(12)11-7-8-11/h3-6,11H,2,7-8H2,1H3. The van der Waals surface area contributed by atoms with Gasteiger partial charge in [-0.15, -0.1) is 0 Å². The van der Waals surface area contributed by atoms with Gasteiger partial charge in [-0.1, -0.05) is 19.1 Å². The van der Waals surface area contributed by atoms with Gasteiger partial charge in [0.05, 0.1) is 10.8 Å². The second-order valence-corrected chi connectivity index (χ2v) is 5.23. The Balaban J connectivity index is 2.16. The lowest BCUT2D eigenvalue weighted by molar-refractivity contribution is 0.682. The van der Waals surface area contributed by atoms with Gasteiger partial charge in [0.1, 0.15) is 0 Å². The third-order valence-corrected chi connectivity index (χ3v) is 4.20. The van der Waals surface area contributed by atoms with E-state index < -0.39 is 10.8 Å². The highest BCUT2D eigenvalue weighted by molar-refractivity contribution is 7.86. The zero-order valence-electron chi connectivity index (χ0n) is 7.82. The molecule has 1 aliphatic rings. The van der Waals surface area contributed by atoms with Crippen molar-refractivity contribution in [3.63, 3.8) is 0 Å². The van der Waals surface area contributed by atoms with Gasteiger partial charge >= 0.3 is 0 Å². The number of hydrogen-bond acceptors (Lipinski definition) is 1. The average molecular weight is 194 g/mol. The summed E-state index contributed by atoms with van der Waals surface area (Å²) in [5.41, 5.74) is 1.32. The van der Waals surface area contributed by atoms with Crippen LogP contribution in [-0.2, 0) is 17.2 Å². The summed E-state index contributed by atoms with van der Waals surface area (Å²) in [7, 11) is -0.734. The molecule has 1 unspecified atom stereocenters. The highest BCUT2D eigenvalue weighted by atomic mass is 32.2. The summed E-state index contributed by atoms with van der Waals surface area (Å²) in [4.78, 5) is 1.000. The van der Waals surface area contributed by atoms with Crippen LogP contribution in [0.4, 0.5) is 0 Å². The molecule has 1 nitrogen and oxygen atoms in total. The van der Waals surface area contributed by atoms with Gasteiger partial charge in [-0.2, -0.15) is 0 Å². The molecule has 70 valence electrons. The van der Waals surface area contributed by atoms with Crippen LogP contribution >= 0.6 is 0 Å². The van der Waals surface area contributed by atoms with Crippen LogP contribution in [0, 0.1) is 0 Å². The lowest BCUT2D eigenvalue weighted by Gasteiger charge is -2.01. The SMILES string of the molecule is CCc1ccc(S(=O)C2CC2)cc1. The highest BCUT2D eigenvalue weighted by Gasteiger charge is 2.29. The predicted octanol–water partition coefficient (Wildman–Crippen LogP) is 2.52. The van der Waals surface area contributed by atoms with E-state index in [1.54, 1.807) is 0 Å². The molecular weight excluding hydrogens is 180 g/mol. The van der Waals surface area contributed by atoms with Crippen molar-refractivity contribution >= 4 is 10.8 Å². The van der Waals surface area contributed by atoms with Crippen molar-refractivity contribution in [3.05, 3.63) is 29.8 Å². The summed E-state index contributed by atoms with van der Waals surface area (Å²) in [6.07, 6.45) is 3.33. The molecule has 0 aromatic heterocycles. The zero-order chi connectivity index (χ0) is 9.26. The minimum atomic E-state index is -0.734. The number of rotatable bonds is 3. The Bertz CT molecular complexity index is 311. The molecule has 1 aromatic rings. The molecular formula is C11H14OS. The van der Waals surface area contributed by atoms with Gasteiger partial charge in [0.2, 0.25) is 0 Å². The van der Waals surface area contributed by atoms with E-state index in [-0.39, 0.29) is 0 Å². The summed E-state index contributed by atoms with van der Waals surface area (Å²) in [6.45, 7) is 2.13. The molecule has 1 fully saturated rings. The fraction of sp³-hybridized carbons (Fsp3) is 0.455. The molecule has 0 saturated heterocycles. The second kappa shape index (κ2) is 3.62. The predicted molar refractivity (Wildman–Crippen MR) is 55.3 cm³/mol. The Kier molecular flexibility index (Phi) is 2.49. The van der Waals surface area contributed by atoms with Gasteiger partial charge in [0.25, 0.3) is 0 Å². The van der Waals surface area contributed by atoms with Crippen LogP contribution in [0.1, 0.15) is 25.3 Å². The van der Waals surface area contributed by atoms with Crippen LogP contribution in [-0.4, -0.2) is 9.46 Å². The van der Waals surface area contributed by atoms with E-state index in [0.29, 0.717) is 5.25 Å². The summed E-state index contributed by atoms with van der Waals surface area (Å²) < 4.78 is 11.7. The first kappa shape index (κ1) is 8.95. The summed E-state index contributed by atoms with van der Waals surface area (Å²) in [5.74, 6) is 0. The minimum absolute atomic E-state index is 0.451. The van der Waals surface area contributed by atoms with Crippen LogP contribution in [0.5, 0.6) is 0 Å². The molecule has 1 atom stereocenters.